The maximum atomic E-state index is 9.86. The van der Waals surface area contributed by atoms with Crippen molar-refractivity contribution in [1.82, 2.24) is 0 Å². The number of aliphatic hydroxyl groups excluding tert-OH is 1. The molecule has 1 aromatic carbocycles. The molecule has 0 fully saturated rings. The van der Waals surface area contributed by atoms with E-state index in [0.29, 0.717) is 18.6 Å². The van der Waals surface area contributed by atoms with Crippen LogP contribution < -0.4 is 4.74 Å². The standard InChI is InChI=1S/C12H15NO2/c1-9-5-6-12(15-2)10(8-9)11(14)4-3-7-13/h5-6,8,11,14H,3-4H2,1-2H3. The van der Waals surface area contributed by atoms with Crippen molar-refractivity contribution >= 4 is 0 Å². The van der Waals surface area contributed by atoms with E-state index >= 15 is 0 Å². The minimum atomic E-state index is -0.625. The SMILES string of the molecule is COc1ccc(C)cc1C(O)CCC#N. The zero-order valence-corrected chi connectivity index (χ0v) is 9.03. The Morgan fingerprint density at radius 3 is 2.87 bits per heavy atom. The number of nitrogens with zero attached hydrogens (tertiary/aromatic N) is 1. The second-order valence-corrected chi connectivity index (χ2v) is 3.46. The number of methoxy groups -OCH3 is 1. The molecule has 1 rings (SSSR count). The fourth-order valence-corrected chi connectivity index (χ4v) is 1.47. The highest BCUT2D eigenvalue weighted by atomic mass is 16.5. The fraction of sp³-hybridized carbons (Fsp3) is 0.417. The van der Waals surface area contributed by atoms with Crippen LogP contribution in [0.3, 0.4) is 0 Å². The van der Waals surface area contributed by atoms with E-state index in [0.717, 1.165) is 11.1 Å². The molecule has 0 aliphatic heterocycles. The van der Waals surface area contributed by atoms with E-state index in [4.69, 9.17) is 10.00 Å². The summed E-state index contributed by atoms with van der Waals surface area (Å²) in [4.78, 5) is 0. The van der Waals surface area contributed by atoms with E-state index < -0.39 is 6.10 Å². The Morgan fingerprint density at radius 1 is 1.53 bits per heavy atom. The van der Waals surface area contributed by atoms with Gasteiger partial charge in [0.2, 0.25) is 0 Å². The van der Waals surface area contributed by atoms with E-state index in [1.165, 1.54) is 0 Å². The van der Waals surface area contributed by atoms with Crippen LogP contribution in [-0.2, 0) is 0 Å². The van der Waals surface area contributed by atoms with Crippen LogP contribution in [0.25, 0.3) is 0 Å². The third-order valence-electron chi connectivity index (χ3n) is 2.27. The van der Waals surface area contributed by atoms with E-state index in [2.05, 4.69) is 0 Å². The van der Waals surface area contributed by atoms with Gasteiger partial charge in [0, 0.05) is 12.0 Å². The van der Waals surface area contributed by atoms with Gasteiger partial charge in [-0.2, -0.15) is 5.26 Å². The van der Waals surface area contributed by atoms with Gasteiger partial charge < -0.3 is 9.84 Å². The Morgan fingerprint density at radius 2 is 2.27 bits per heavy atom. The molecule has 80 valence electrons. The molecule has 0 spiro atoms. The van der Waals surface area contributed by atoms with Gasteiger partial charge in [0.25, 0.3) is 0 Å². The number of aliphatic hydroxyl groups is 1. The van der Waals surface area contributed by atoms with Gasteiger partial charge in [-0.15, -0.1) is 0 Å². The molecule has 1 aromatic rings. The van der Waals surface area contributed by atoms with Gasteiger partial charge in [-0.05, 0) is 25.5 Å². The number of benzene rings is 1. The monoisotopic (exact) mass is 205 g/mol. The Bertz CT molecular complexity index is 368. The third-order valence-corrected chi connectivity index (χ3v) is 2.27. The summed E-state index contributed by atoms with van der Waals surface area (Å²) in [5, 5.41) is 18.3. The highest BCUT2D eigenvalue weighted by Gasteiger charge is 2.12. The van der Waals surface area contributed by atoms with Crippen molar-refractivity contribution in [1.29, 1.82) is 5.26 Å². The molecule has 1 N–H and O–H groups in total. The van der Waals surface area contributed by atoms with E-state index in [-0.39, 0.29) is 0 Å². The summed E-state index contributed by atoms with van der Waals surface area (Å²) in [5.41, 5.74) is 1.83. The third kappa shape index (κ3) is 2.97. The van der Waals surface area contributed by atoms with E-state index in [1.54, 1.807) is 7.11 Å². The molecule has 0 aromatic heterocycles. The minimum absolute atomic E-state index is 0.345. The lowest BCUT2D eigenvalue weighted by Crippen LogP contribution is -2.00. The summed E-state index contributed by atoms with van der Waals surface area (Å²) in [6, 6.07) is 7.67. The van der Waals surface area contributed by atoms with Crippen molar-refractivity contribution in [2.75, 3.05) is 7.11 Å². The second kappa shape index (κ2) is 5.38. The van der Waals surface area contributed by atoms with Crippen LogP contribution in [0.15, 0.2) is 18.2 Å². The number of nitriles is 1. The Hall–Kier alpha value is -1.53. The Balaban J connectivity index is 2.90. The molecule has 0 amide bonds. The lowest BCUT2D eigenvalue weighted by molar-refractivity contribution is 0.165. The van der Waals surface area contributed by atoms with Gasteiger partial charge >= 0.3 is 0 Å². The summed E-state index contributed by atoms with van der Waals surface area (Å²) in [7, 11) is 1.57. The van der Waals surface area contributed by atoms with Crippen molar-refractivity contribution in [3.8, 4) is 11.8 Å². The molecule has 0 aliphatic rings. The molecule has 3 heteroatoms. The molecule has 0 aliphatic carbocycles. The summed E-state index contributed by atoms with van der Waals surface area (Å²) in [6.07, 6.45) is 0.161. The molecule has 0 saturated carbocycles. The summed E-state index contributed by atoms with van der Waals surface area (Å²) >= 11 is 0. The molecule has 0 heterocycles. The molecule has 15 heavy (non-hydrogen) atoms. The first kappa shape index (κ1) is 11.5. The average Bonchev–Trinajstić information content (AvgIpc) is 2.25. The van der Waals surface area contributed by atoms with Crippen molar-refractivity contribution < 1.29 is 9.84 Å². The van der Waals surface area contributed by atoms with Gasteiger partial charge in [0.15, 0.2) is 0 Å². The largest absolute Gasteiger partial charge is 0.496 e. The fourth-order valence-electron chi connectivity index (χ4n) is 1.47. The first-order valence-corrected chi connectivity index (χ1v) is 4.88. The van der Waals surface area contributed by atoms with Gasteiger partial charge in [0.05, 0.1) is 19.3 Å². The highest BCUT2D eigenvalue weighted by molar-refractivity contribution is 5.38. The quantitative estimate of drug-likeness (QED) is 0.820. The summed E-state index contributed by atoms with van der Waals surface area (Å²) in [6.45, 7) is 1.96. The predicted molar refractivity (Wildman–Crippen MR) is 57.5 cm³/mol. The zero-order chi connectivity index (χ0) is 11.3. The van der Waals surface area contributed by atoms with Gasteiger partial charge in [-0.3, -0.25) is 0 Å². The topological polar surface area (TPSA) is 53.2 Å². The Kier molecular flexibility index (Phi) is 4.14. The molecule has 0 bridgehead atoms. The molecule has 0 radical (unpaired) electrons. The number of ether oxygens (including phenoxy) is 1. The second-order valence-electron chi connectivity index (χ2n) is 3.46. The number of hydrogen-bond acceptors (Lipinski definition) is 3. The van der Waals surface area contributed by atoms with E-state index in [9.17, 15) is 5.11 Å². The molecule has 1 atom stereocenters. The highest BCUT2D eigenvalue weighted by Crippen LogP contribution is 2.28. The lowest BCUT2D eigenvalue weighted by atomic mass is 10.0. The van der Waals surface area contributed by atoms with Crippen LogP contribution in [0.4, 0.5) is 0 Å². The number of rotatable bonds is 4. The molecule has 1 unspecified atom stereocenters. The lowest BCUT2D eigenvalue weighted by Gasteiger charge is -2.14. The van der Waals surface area contributed by atoms with Gasteiger partial charge in [-0.1, -0.05) is 11.6 Å². The first-order chi connectivity index (χ1) is 7.19. The first-order valence-electron chi connectivity index (χ1n) is 4.88. The van der Waals surface area contributed by atoms with Gasteiger partial charge in [0.1, 0.15) is 5.75 Å². The van der Waals surface area contributed by atoms with E-state index in [1.807, 2.05) is 31.2 Å². The van der Waals surface area contributed by atoms with Crippen LogP contribution in [0, 0.1) is 18.3 Å². The van der Waals surface area contributed by atoms with Gasteiger partial charge in [-0.25, -0.2) is 0 Å². The van der Waals surface area contributed by atoms with Crippen LogP contribution in [0.2, 0.25) is 0 Å². The molecular formula is C12H15NO2. The van der Waals surface area contributed by atoms with Crippen LogP contribution in [-0.4, -0.2) is 12.2 Å². The predicted octanol–water partition coefficient (Wildman–Crippen LogP) is 2.34. The van der Waals surface area contributed by atoms with Crippen molar-refractivity contribution in [3.05, 3.63) is 29.3 Å². The number of aryl methyl sites for hydroxylation is 1. The smallest absolute Gasteiger partial charge is 0.124 e. The normalized spacial score (nSPS) is 11.9. The molecular weight excluding hydrogens is 190 g/mol. The number of hydrogen-bond donors (Lipinski definition) is 1. The summed E-state index contributed by atoms with van der Waals surface area (Å²) in [5.74, 6) is 0.672. The van der Waals surface area contributed by atoms with Crippen molar-refractivity contribution in [2.24, 2.45) is 0 Å². The maximum absolute atomic E-state index is 9.86. The maximum Gasteiger partial charge on any atom is 0.124 e. The molecule has 0 saturated heterocycles. The van der Waals surface area contributed by atoms with Crippen molar-refractivity contribution in [3.63, 3.8) is 0 Å². The van der Waals surface area contributed by atoms with Crippen molar-refractivity contribution in [2.45, 2.75) is 25.9 Å². The molecule has 3 nitrogen and oxygen atoms in total. The van der Waals surface area contributed by atoms with Crippen LogP contribution in [0.5, 0.6) is 5.75 Å². The Labute approximate surface area is 89.9 Å². The zero-order valence-electron chi connectivity index (χ0n) is 9.03. The average molecular weight is 205 g/mol. The minimum Gasteiger partial charge on any atom is -0.496 e. The van der Waals surface area contributed by atoms with Crippen LogP contribution in [0.1, 0.15) is 30.1 Å². The van der Waals surface area contributed by atoms with Crippen LogP contribution >= 0.6 is 0 Å². The summed E-state index contributed by atoms with van der Waals surface area (Å²) < 4.78 is 5.16.